The standard InChI is InChI=1S/C24H22/c1-24(2)22-10-6-5-9-18(22)13-21-14-19-11-16-7-3-4-8-17(16)12-20(19)15-23(21)24/h3-10,14-15H,11-13H2,1-2H3. The number of fused-ring (bicyclic) bond motifs is 4. The maximum Gasteiger partial charge on any atom is 0.0152 e. The molecule has 2 aliphatic rings. The predicted molar refractivity (Wildman–Crippen MR) is 99.9 cm³/mol. The Labute approximate surface area is 144 Å². The third-order valence-electron chi connectivity index (χ3n) is 6.05. The first kappa shape index (κ1) is 14.0. The molecule has 0 bridgehead atoms. The van der Waals surface area contributed by atoms with Crippen molar-refractivity contribution >= 4 is 0 Å². The molecular weight excluding hydrogens is 288 g/mol. The monoisotopic (exact) mass is 310 g/mol. The molecule has 0 radical (unpaired) electrons. The smallest absolute Gasteiger partial charge is 0.0152 e. The number of hydrogen-bond acceptors (Lipinski definition) is 0. The molecule has 0 saturated heterocycles. The quantitative estimate of drug-likeness (QED) is 0.407. The zero-order chi connectivity index (χ0) is 16.3. The molecule has 0 spiro atoms. The highest BCUT2D eigenvalue weighted by atomic mass is 14.4. The van der Waals surface area contributed by atoms with Crippen LogP contribution in [0.3, 0.4) is 0 Å². The molecule has 0 unspecified atom stereocenters. The highest BCUT2D eigenvalue weighted by Gasteiger charge is 2.33. The molecule has 5 rings (SSSR count). The first-order valence-electron chi connectivity index (χ1n) is 8.93. The van der Waals surface area contributed by atoms with Crippen LogP contribution in [0.15, 0.2) is 60.7 Å². The Balaban J connectivity index is 1.67. The van der Waals surface area contributed by atoms with Gasteiger partial charge in [0, 0.05) is 5.41 Å². The number of benzene rings is 3. The van der Waals surface area contributed by atoms with Gasteiger partial charge in [-0.1, -0.05) is 74.5 Å². The first-order valence-corrected chi connectivity index (χ1v) is 8.93. The van der Waals surface area contributed by atoms with Crippen LogP contribution >= 0.6 is 0 Å². The van der Waals surface area contributed by atoms with Crippen molar-refractivity contribution in [2.75, 3.05) is 0 Å². The van der Waals surface area contributed by atoms with Crippen molar-refractivity contribution in [2.45, 2.75) is 38.5 Å². The van der Waals surface area contributed by atoms with Crippen LogP contribution in [0.1, 0.15) is 58.4 Å². The van der Waals surface area contributed by atoms with Crippen LogP contribution in [0.2, 0.25) is 0 Å². The minimum absolute atomic E-state index is 0.0934. The Morgan fingerprint density at radius 3 is 1.79 bits per heavy atom. The van der Waals surface area contributed by atoms with Gasteiger partial charge in [-0.25, -0.2) is 0 Å². The zero-order valence-electron chi connectivity index (χ0n) is 14.4. The van der Waals surface area contributed by atoms with Crippen LogP contribution in [0.25, 0.3) is 0 Å². The Bertz CT molecular complexity index is 960. The molecule has 24 heavy (non-hydrogen) atoms. The fourth-order valence-corrected chi connectivity index (χ4v) is 4.74. The second kappa shape index (κ2) is 4.83. The van der Waals surface area contributed by atoms with E-state index in [1.165, 1.54) is 44.5 Å². The first-order chi connectivity index (χ1) is 11.6. The van der Waals surface area contributed by atoms with Gasteiger partial charge < -0.3 is 0 Å². The van der Waals surface area contributed by atoms with E-state index in [9.17, 15) is 0 Å². The minimum Gasteiger partial charge on any atom is -0.0620 e. The molecule has 0 aliphatic heterocycles. The van der Waals surface area contributed by atoms with Crippen molar-refractivity contribution in [1.29, 1.82) is 0 Å². The van der Waals surface area contributed by atoms with Gasteiger partial charge in [0.05, 0.1) is 0 Å². The van der Waals surface area contributed by atoms with Crippen molar-refractivity contribution in [3.8, 4) is 0 Å². The maximum absolute atomic E-state index is 2.51. The second-order valence-electron chi connectivity index (χ2n) is 7.86. The SMILES string of the molecule is CC1(C)c2ccccc2Cc2cc3c(cc21)Cc1ccccc1C3. The van der Waals surface area contributed by atoms with Gasteiger partial charge in [0.25, 0.3) is 0 Å². The predicted octanol–water partition coefficient (Wildman–Crippen LogP) is 5.41. The summed E-state index contributed by atoms with van der Waals surface area (Å²) in [6, 6.07) is 22.9. The Morgan fingerprint density at radius 1 is 0.542 bits per heavy atom. The van der Waals surface area contributed by atoms with Gasteiger partial charge >= 0.3 is 0 Å². The van der Waals surface area contributed by atoms with Gasteiger partial charge in [0.2, 0.25) is 0 Å². The van der Waals surface area contributed by atoms with Crippen molar-refractivity contribution in [3.05, 3.63) is 105 Å². The van der Waals surface area contributed by atoms with E-state index in [1.807, 2.05) is 0 Å². The van der Waals surface area contributed by atoms with Crippen LogP contribution in [-0.4, -0.2) is 0 Å². The van der Waals surface area contributed by atoms with E-state index in [-0.39, 0.29) is 5.41 Å². The summed E-state index contributed by atoms with van der Waals surface area (Å²) in [4.78, 5) is 0. The van der Waals surface area contributed by atoms with Gasteiger partial charge in [-0.15, -0.1) is 0 Å². The summed E-state index contributed by atoms with van der Waals surface area (Å²) in [7, 11) is 0. The normalized spacial score (nSPS) is 16.6. The number of rotatable bonds is 0. The molecule has 3 aromatic rings. The van der Waals surface area contributed by atoms with Gasteiger partial charge in [0.15, 0.2) is 0 Å². The highest BCUT2D eigenvalue weighted by molar-refractivity contribution is 5.57. The van der Waals surface area contributed by atoms with Crippen molar-refractivity contribution in [3.63, 3.8) is 0 Å². The number of hydrogen-bond donors (Lipinski definition) is 0. The lowest BCUT2D eigenvalue weighted by atomic mass is 9.67. The van der Waals surface area contributed by atoms with E-state index >= 15 is 0 Å². The van der Waals surface area contributed by atoms with Crippen LogP contribution in [0.4, 0.5) is 0 Å². The average Bonchev–Trinajstić information content (AvgIpc) is 2.59. The minimum atomic E-state index is 0.0934. The molecule has 2 aliphatic carbocycles. The third-order valence-corrected chi connectivity index (χ3v) is 6.05. The topological polar surface area (TPSA) is 0 Å². The van der Waals surface area contributed by atoms with Crippen molar-refractivity contribution in [1.82, 2.24) is 0 Å². The molecule has 0 nitrogen and oxygen atoms in total. The molecule has 0 saturated carbocycles. The zero-order valence-corrected chi connectivity index (χ0v) is 14.4. The Hall–Kier alpha value is -2.34. The van der Waals surface area contributed by atoms with Gasteiger partial charge in [-0.3, -0.25) is 0 Å². The molecule has 0 atom stereocenters. The summed E-state index contributed by atoms with van der Waals surface area (Å²) in [6.07, 6.45) is 3.24. The van der Waals surface area contributed by atoms with Gasteiger partial charge in [-0.2, -0.15) is 0 Å². The molecular formula is C24H22. The Kier molecular flexibility index (Phi) is 2.83. The average molecular weight is 310 g/mol. The summed E-state index contributed by atoms with van der Waals surface area (Å²) in [5.74, 6) is 0. The molecule has 3 aromatic carbocycles. The fraction of sp³-hybridized carbons (Fsp3) is 0.250. The fourth-order valence-electron chi connectivity index (χ4n) is 4.74. The largest absolute Gasteiger partial charge is 0.0620 e. The van der Waals surface area contributed by atoms with Gasteiger partial charge in [-0.05, 0) is 63.8 Å². The summed E-state index contributed by atoms with van der Waals surface area (Å²) >= 11 is 0. The van der Waals surface area contributed by atoms with Gasteiger partial charge in [0.1, 0.15) is 0 Å². The molecule has 0 amide bonds. The summed E-state index contributed by atoms with van der Waals surface area (Å²) in [6.45, 7) is 4.76. The summed E-state index contributed by atoms with van der Waals surface area (Å²) in [5, 5.41) is 0. The van der Waals surface area contributed by atoms with E-state index in [0.717, 1.165) is 19.3 Å². The van der Waals surface area contributed by atoms with E-state index in [0.29, 0.717) is 0 Å². The molecule has 0 N–H and O–H groups in total. The van der Waals surface area contributed by atoms with Crippen LogP contribution in [-0.2, 0) is 24.7 Å². The molecule has 0 heteroatoms. The lowest BCUT2D eigenvalue weighted by Crippen LogP contribution is -2.28. The summed E-state index contributed by atoms with van der Waals surface area (Å²) < 4.78 is 0. The van der Waals surface area contributed by atoms with Crippen molar-refractivity contribution < 1.29 is 0 Å². The van der Waals surface area contributed by atoms with Crippen molar-refractivity contribution in [2.24, 2.45) is 0 Å². The maximum atomic E-state index is 2.51. The molecule has 0 aromatic heterocycles. The summed E-state index contributed by atoms with van der Waals surface area (Å²) in [5.41, 5.74) is 12.2. The molecule has 0 heterocycles. The van der Waals surface area contributed by atoms with Crippen LogP contribution in [0.5, 0.6) is 0 Å². The van der Waals surface area contributed by atoms with E-state index in [1.54, 1.807) is 0 Å². The molecule has 118 valence electrons. The van der Waals surface area contributed by atoms with Crippen LogP contribution < -0.4 is 0 Å². The Morgan fingerprint density at radius 2 is 1.08 bits per heavy atom. The third kappa shape index (κ3) is 1.92. The van der Waals surface area contributed by atoms with E-state index in [2.05, 4.69) is 74.5 Å². The molecule has 0 fully saturated rings. The lowest BCUT2D eigenvalue weighted by Gasteiger charge is -2.36. The van der Waals surface area contributed by atoms with E-state index < -0.39 is 0 Å². The highest BCUT2D eigenvalue weighted by Crippen LogP contribution is 2.43. The van der Waals surface area contributed by atoms with Crippen LogP contribution in [0, 0.1) is 0 Å². The van der Waals surface area contributed by atoms with E-state index in [4.69, 9.17) is 0 Å². The lowest BCUT2D eigenvalue weighted by molar-refractivity contribution is 0.608. The second-order valence-corrected chi connectivity index (χ2v) is 7.86.